The highest BCUT2D eigenvalue weighted by Gasteiger charge is 2.07. The Hall–Kier alpha value is -0.740. The number of benzene rings is 1. The van der Waals surface area contributed by atoms with E-state index in [-0.39, 0.29) is 11.6 Å². The van der Waals surface area contributed by atoms with Crippen LogP contribution < -0.4 is 0 Å². The van der Waals surface area contributed by atoms with E-state index in [2.05, 4.69) is 15.9 Å². The van der Waals surface area contributed by atoms with Gasteiger partial charge >= 0.3 is 0 Å². The summed E-state index contributed by atoms with van der Waals surface area (Å²) >= 11 is 3.31. The molecule has 0 aliphatic carbocycles. The van der Waals surface area contributed by atoms with Crippen molar-refractivity contribution in [3.63, 3.8) is 0 Å². The number of ketones is 1. The molecular weight excluding hydrogens is 273 g/mol. The SMILES string of the molecule is CC(=O)CCN(C)Cc1cc(Br)ccc1F. The van der Waals surface area contributed by atoms with Gasteiger partial charge in [0.15, 0.2) is 0 Å². The largest absolute Gasteiger partial charge is 0.302 e. The number of carbonyl (C=O) groups is 1. The third kappa shape index (κ3) is 4.41. The highest BCUT2D eigenvalue weighted by Crippen LogP contribution is 2.16. The smallest absolute Gasteiger partial charge is 0.131 e. The van der Waals surface area contributed by atoms with Gasteiger partial charge in [-0.2, -0.15) is 0 Å². The number of halogens is 2. The second-order valence-corrected chi connectivity index (χ2v) is 4.84. The fourth-order valence-electron chi connectivity index (χ4n) is 1.38. The van der Waals surface area contributed by atoms with Crippen molar-refractivity contribution in [1.29, 1.82) is 0 Å². The number of rotatable bonds is 5. The lowest BCUT2D eigenvalue weighted by Gasteiger charge is -2.16. The lowest BCUT2D eigenvalue weighted by atomic mass is 10.2. The van der Waals surface area contributed by atoms with Gasteiger partial charge in [0.2, 0.25) is 0 Å². The molecule has 0 aromatic heterocycles. The van der Waals surface area contributed by atoms with Crippen LogP contribution >= 0.6 is 15.9 Å². The molecule has 4 heteroatoms. The minimum Gasteiger partial charge on any atom is -0.302 e. The normalized spacial score (nSPS) is 10.8. The lowest BCUT2D eigenvalue weighted by Crippen LogP contribution is -2.21. The van der Waals surface area contributed by atoms with Gasteiger partial charge in [-0.1, -0.05) is 15.9 Å². The first-order valence-corrected chi connectivity index (χ1v) is 5.90. The first kappa shape index (κ1) is 13.3. The molecule has 0 fully saturated rings. The van der Waals surface area contributed by atoms with Crippen LogP contribution in [0.5, 0.6) is 0 Å². The van der Waals surface area contributed by atoms with E-state index >= 15 is 0 Å². The molecule has 0 spiro atoms. The Bertz CT molecular complexity index is 381. The van der Waals surface area contributed by atoms with Gasteiger partial charge in [-0.15, -0.1) is 0 Å². The number of hydrogen-bond acceptors (Lipinski definition) is 2. The van der Waals surface area contributed by atoms with Gasteiger partial charge in [-0.3, -0.25) is 4.79 Å². The molecule has 88 valence electrons. The van der Waals surface area contributed by atoms with Crippen LogP contribution in [-0.4, -0.2) is 24.3 Å². The molecule has 0 bridgehead atoms. The van der Waals surface area contributed by atoms with Crippen molar-refractivity contribution in [3.8, 4) is 0 Å². The second-order valence-electron chi connectivity index (χ2n) is 3.93. The Morgan fingerprint density at radius 2 is 2.19 bits per heavy atom. The topological polar surface area (TPSA) is 20.3 Å². The average Bonchev–Trinajstić information content (AvgIpc) is 2.20. The zero-order valence-electron chi connectivity index (χ0n) is 9.46. The first-order valence-electron chi connectivity index (χ1n) is 5.11. The molecule has 0 unspecified atom stereocenters. The molecule has 0 aliphatic rings. The van der Waals surface area contributed by atoms with Crippen molar-refractivity contribution < 1.29 is 9.18 Å². The van der Waals surface area contributed by atoms with Crippen LogP contribution in [0.1, 0.15) is 18.9 Å². The summed E-state index contributed by atoms with van der Waals surface area (Å²) in [6, 6.07) is 4.88. The maximum Gasteiger partial charge on any atom is 0.131 e. The molecule has 2 nitrogen and oxygen atoms in total. The van der Waals surface area contributed by atoms with E-state index in [0.717, 1.165) is 4.47 Å². The van der Waals surface area contributed by atoms with Crippen LogP contribution in [0.25, 0.3) is 0 Å². The van der Waals surface area contributed by atoms with Crippen LogP contribution in [0.3, 0.4) is 0 Å². The van der Waals surface area contributed by atoms with Crippen LogP contribution in [0.15, 0.2) is 22.7 Å². The quantitative estimate of drug-likeness (QED) is 0.830. The molecule has 0 atom stereocenters. The number of carbonyl (C=O) groups excluding carboxylic acids is 1. The zero-order valence-corrected chi connectivity index (χ0v) is 11.1. The van der Waals surface area contributed by atoms with E-state index in [0.29, 0.717) is 25.1 Å². The summed E-state index contributed by atoms with van der Waals surface area (Å²) in [4.78, 5) is 12.8. The highest BCUT2D eigenvalue weighted by atomic mass is 79.9. The van der Waals surface area contributed by atoms with E-state index in [9.17, 15) is 9.18 Å². The van der Waals surface area contributed by atoms with Crippen molar-refractivity contribution in [2.45, 2.75) is 19.9 Å². The van der Waals surface area contributed by atoms with Crippen molar-refractivity contribution in [2.75, 3.05) is 13.6 Å². The summed E-state index contributed by atoms with van der Waals surface area (Å²) in [5.41, 5.74) is 0.639. The first-order chi connectivity index (χ1) is 7.49. The Morgan fingerprint density at radius 1 is 1.50 bits per heavy atom. The molecule has 1 aromatic rings. The molecule has 1 aromatic carbocycles. The Balaban J connectivity index is 2.58. The van der Waals surface area contributed by atoms with Gasteiger partial charge in [0.25, 0.3) is 0 Å². The number of hydrogen-bond donors (Lipinski definition) is 0. The standard InChI is InChI=1S/C12H15BrFNO/c1-9(16)5-6-15(2)8-10-7-11(13)3-4-12(10)14/h3-4,7H,5-6,8H2,1-2H3. The summed E-state index contributed by atoms with van der Waals surface area (Å²) < 4.78 is 14.3. The minimum absolute atomic E-state index is 0.154. The molecule has 1 rings (SSSR count). The molecule has 0 amide bonds. The van der Waals surface area contributed by atoms with Crippen molar-refractivity contribution in [1.82, 2.24) is 4.90 Å². The molecule has 16 heavy (non-hydrogen) atoms. The van der Waals surface area contributed by atoms with Gasteiger partial charge in [0.1, 0.15) is 11.6 Å². The van der Waals surface area contributed by atoms with E-state index in [1.165, 1.54) is 6.07 Å². The second kappa shape index (κ2) is 6.11. The Kier molecular flexibility index (Phi) is 5.09. The monoisotopic (exact) mass is 287 g/mol. The van der Waals surface area contributed by atoms with Gasteiger partial charge < -0.3 is 4.90 Å². The highest BCUT2D eigenvalue weighted by molar-refractivity contribution is 9.10. The fourth-order valence-corrected chi connectivity index (χ4v) is 1.79. The van der Waals surface area contributed by atoms with Crippen LogP contribution in [0.4, 0.5) is 4.39 Å². The molecule has 0 saturated heterocycles. The van der Waals surface area contributed by atoms with Crippen LogP contribution in [-0.2, 0) is 11.3 Å². The molecule has 0 radical (unpaired) electrons. The molecular formula is C12H15BrFNO. The summed E-state index contributed by atoms with van der Waals surface area (Å²) in [7, 11) is 1.88. The van der Waals surface area contributed by atoms with Crippen molar-refractivity contribution >= 4 is 21.7 Å². The third-order valence-corrected chi connectivity index (χ3v) is 2.79. The van der Waals surface area contributed by atoms with Gasteiger partial charge in [0.05, 0.1) is 0 Å². The van der Waals surface area contributed by atoms with E-state index in [1.807, 2.05) is 11.9 Å². The Labute approximate surface area is 104 Å². The number of nitrogens with zero attached hydrogens (tertiary/aromatic N) is 1. The maximum absolute atomic E-state index is 13.4. The van der Waals surface area contributed by atoms with Crippen molar-refractivity contribution in [3.05, 3.63) is 34.1 Å². The van der Waals surface area contributed by atoms with Crippen LogP contribution in [0.2, 0.25) is 0 Å². The number of Topliss-reactive ketones (excluding diaryl/α,β-unsaturated/α-hetero) is 1. The molecule has 0 aliphatic heterocycles. The Morgan fingerprint density at radius 3 is 2.81 bits per heavy atom. The van der Waals surface area contributed by atoms with E-state index < -0.39 is 0 Å². The van der Waals surface area contributed by atoms with Crippen molar-refractivity contribution in [2.24, 2.45) is 0 Å². The summed E-state index contributed by atoms with van der Waals surface area (Å²) in [5.74, 6) is -0.0561. The average molecular weight is 288 g/mol. The predicted octanol–water partition coefficient (Wildman–Crippen LogP) is 3.00. The van der Waals surface area contributed by atoms with E-state index in [1.54, 1.807) is 19.1 Å². The summed E-state index contributed by atoms with van der Waals surface area (Å²) in [6.07, 6.45) is 0.506. The van der Waals surface area contributed by atoms with Gasteiger partial charge in [0, 0.05) is 29.5 Å². The summed E-state index contributed by atoms with van der Waals surface area (Å²) in [5, 5.41) is 0. The van der Waals surface area contributed by atoms with Gasteiger partial charge in [-0.25, -0.2) is 4.39 Å². The predicted molar refractivity (Wildman–Crippen MR) is 65.7 cm³/mol. The lowest BCUT2D eigenvalue weighted by molar-refractivity contribution is -0.117. The zero-order chi connectivity index (χ0) is 12.1. The molecule has 0 saturated carbocycles. The third-order valence-electron chi connectivity index (χ3n) is 2.29. The van der Waals surface area contributed by atoms with E-state index in [4.69, 9.17) is 0 Å². The van der Waals surface area contributed by atoms with Crippen LogP contribution in [0, 0.1) is 5.82 Å². The molecule has 0 heterocycles. The summed E-state index contributed by atoms with van der Waals surface area (Å²) in [6.45, 7) is 2.73. The maximum atomic E-state index is 13.4. The molecule has 0 N–H and O–H groups in total. The fraction of sp³-hybridized carbons (Fsp3) is 0.417. The minimum atomic E-state index is -0.210. The van der Waals surface area contributed by atoms with Gasteiger partial charge in [-0.05, 0) is 32.2 Å².